The molecule has 4 rings (SSSR count). The molecule has 0 N–H and O–H groups in total. The SMILES string of the molecule is c1ccc(N=C(c2ccccc2)c2ccc3ccccc3c2)cc1. The van der Waals surface area contributed by atoms with Gasteiger partial charge in [-0.3, -0.25) is 0 Å². The van der Waals surface area contributed by atoms with Gasteiger partial charge >= 0.3 is 0 Å². The second-order valence-electron chi connectivity index (χ2n) is 5.72. The van der Waals surface area contributed by atoms with Gasteiger partial charge in [-0.2, -0.15) is 0 Å². The highest BCUT2D eigenvalue weighted by Gasteiger charge is 2.08. The van der Waals surface area contributed by atoms with Gasteiger partial charge in [0.1, 0.15) is 0 Å². The summed E-state index contributed by atoms with van der Waals surface area (Å²) in [7, 11) is 0. The Morgan fingerprint density at radius 2 is 1.12 bits per heavy atom. The van der Waals surface area contributed by atoms with Crippen LogP contribution in [0, 0.1) is 0 Å². The summed E-state index contributed by atoms with van der Waals surface area (Å²) in [5.74, 6) is 0. The maximum Gasteiger partial charge on any atom is 0.0781 e. The van der Waals surface area contributed by atoms with Crippen LogP contribution in [0.15, 0.2) is 108 Å². The van der Waals surface area contributed by atoms with Crippen LogP contribution in [0.4, 0.5) is 5.69 Å². The molecule has 0 radical (unpaired) electrons. The number of benzene rings is 4. The van der Waals surface area contributed by atoms with E-state index in [0.717, 1.165) is 22.5 Å². The van der Waals surface area contributed by atoms with E-state index in [0.29, 0.717) is 0 Å². The molecule has 0 spiro atoms. The fraction of sp³-hybridized carbons (Fsp3) is 0. The molecular weight excluding hydrogens is 290 g/mol. The van der Waals surface area contributed by atoms with Gasteiger partial charge in [0.2, 0.25) is 0 Å². The fourth-order valence-corrected chi connectivity index (χ4v) is 2.86. The molecule has 0 heterocycles. The minimum Gasteiger partial charge on any atom is -0.248 e. The molecule has 114 valence electrons. The Morgan fingerprint density at radius 1 is 0.500 bits per heavy atom. The Kier molecular flexibility index (Phi) is 3.91. The summed E-state index contributed by atoms with van der Waals surface area (Å²) in [5, 5.41) is 2.47. The summed E-state index contributed by atoms with van der Waals surface area (Å²) in [6.07, 6.45) is 0. The third-order valence-electron chi connectivity index (χ3n) is 4.07. The molecule has 0 aliphatic heterocycles. The van der Waals surface area contributed by atoms with Crippen LogP contribution in [0.2, 0.25) is 0 Å². The highest BCUT2D eigenvalue weighted by Crippen LogP contribution is 2.21. The quantitative estimate of drug-likeness (QED) is 0.411. The highest BCUT2D eigenvalue weighted by atomic mass is 14.7. The number of nitrogens with zero attached hydrogens (tertiary/aromatic N) is 1. The van der Waals surface area contributed by atoms with Crippen molar-refractivity contribution >= 4 is 22.2 Å². The molecular formula is C23H17N. The summed E-state index contributed by atoms with van der Waals surface area (Å²) < 4.78 is 0. The summed E-state index contributed by atoms with van der Waals surface area (Å²) >= 11 is 0. The van der Waals surface area contributed by atoms with Crippen LogP contribution in [0.5, 0.6) is 0 Å². The van der Waals surface area contributed by atoms with Gasteiger partial charge in [0.15, 0.2) is 0 Å². The Balaban J connectivity index is 1.90. The molecule has 0 aromatic heterocycles. The van der Waals surface area contributed by atoms with Gasteiger partial charge in [-0.1, -0.05) is 84.9 Å². The lowest BCUT2D eigenvalue weighted by Gasteiger charge is -2.09. The van der Waals surface area contributed by atoms with Gasteiger partial charge in [-0.25, -0.2) is 4.99 Å². The minimum absolute atomic E-state index is 0.963. The summed E-state index contributed by atoms with van der Waals surface area (Å²) in [4.78, 5) is 4.92. The molecule has 0 bridgehead atoms. The zero-order valence-electron chi connectivity index (χ0n) is 13.3. The van der Waals surface area contributed by atoms with Gasteiger partial charge in [0, 0.05) is 11.1 Å². The zero-order chi connectivity index (χ0) is 16.2. The van der Waals surface area contributed by atoms with Crippen LogP contribution in [-0.2, 0) is 0 Å². The van der Waals surface area contributed by atoms with Crippen LogP contribution >= 0.6 is 0 Å². The Morgan fingerprint density at radius 3 is 1.88 bits per heavy atom. The van der Waals surface area contributed by atoms with Crippen molar-refractivity contribution < 1.29 is 0 Å². The average molecular weight is 307 g/mol. The summed E-state index contributed by atoms with van der Waals surface area (Å²) in [5.41, 5.74) is 4.21. The number of rotatable bonds is 3. The smallest absolute Gasteiger partial charge is 0.0781 e. The monoisotopic (exact) mass is 307 g/mol. The maximum atomic E-state index is 4.92. The molecule has 1 nitrogen and oxygen atoms in total. The van der Waals surface area contributed by atoms with Crippen molar-refractivity contribution in [2.24, 2.45) is 4.99 Å². The molecule has 0 atom stereocenters. The summed E-state index contributed by atoms with van der Waals surface area (Å²) in [6, 6.07) is 35.4. The lowest BCUT2D eigenvalue weighted by atomic mass is 9.99. The van der Waals surface area contributed by atoms with Crippen molar-refractivity contribution in [3.8, 4) is 0 Å². The van der Waals surface area contributed by atoms with Crippen LogP contribution in [0.1, 0.15) is 11.1 Å². The van der Waals surface area contributed by atoms with E-state index < -0.39 is 0 Å². The van der Waals surface area contributed by atoms with Gasteiger partial charge in [-0.05, 0) is 29.0 Å². The van der Waals surface area contributed by atoms with E-state index in [4.69, 9.17) is 4.99 Å². The summed E-state index contributed by atoms with van der Waals surface area (Å²) in [6.45, 7) is 0. The second kappa shape index (κ2) is 6.51. The van der Waals surface area contributed by atoms with Gasteiger partial charge < -0.3 is 0 Å². The van der Waals surface area contributed by atoms with Crippen LogP contribution in [0.3, 0.4) is 0 Å². The van der Waals surface area contributed by atoms with Crippen LogP contribution < -0.4 is 0 Å². The predicted octanol–water partition coefficient (Wildman–Crippen LogP) is 6.01. The zero-order valence-corrected chi connectivity index (χ0v) is 13.3. The molecule has 4 aromatic carbocycles. The molecule has 0 aliphatic rings. The predicted molar refractivity (Wildman–Crippen MR) is 102 cm³/mol. The van der Waals surface area contributed by atoms with E-state index >= 15 is 0 Å². The Bertz CT molecular complexity index is 986. The van der Waals surface area contributed by atoms with Gasteiger partial charge in [0.25, 0.3) is 0 Å². The van der Waals surface area contributed by atoms with E-state index in [1.165, 1.54) is 10.8 Å². The Hall–Kier alpha value is -3.19. The molecule has 0 amide bonds. The van der Waals surface area contributed by atoms with Crippen molar-refractivity contribution in [2.45, 2.75) is 0 Å². The highest BCUT2D eigenvalue weighted by molar-refractivity contribution is 6.15. The van der Waals surface area contributed by atoms with Gasteiger partial charge in [-0.15, -0.1) is 0 Å². The number of para-hydroxylation sites is 1. The molecule has 4 aromatic rings. The fourth-order valence-electron chi connectivity index (χ4n) is 2.86. The third-order valence-corrected chi connectivity index (χ3v) is 4.07. The molecule has 24 heavy (non-hydrogen) atoms. The molecule has 0 saturated carbocycles. The number of hydrogen-bond donors (Lipinski definition) is 0. The van der Waals surface area contributed by atoms with Crippen molar-refractivity contribution in [2.75, 3.05) is 0 Å². The molecule has 0 aliphatic carbocycles. The van der Waals surface area contributed by atoms with E-state index in [9.17, 15) is 0 Å². The minimum atomic E-state index is 0.963. The van der Waals surface area contributed by atoms with Crippen LogP contribution in [-0.4, -0.2) is 5.71 Å². The average Bonchev–Trinajstić information content (AvgIpc) is 2.67. The van der Waals surface area contributed by atoms with Crippen molar-refractivity contribution in [1.82, 2.24) is 0 Å². The Labute approximate surface area is 141 Å². The first-order valence-electron chi connectivity index (χ1n) is 8.08. The topological polar surface area (TPSA) is 12.4 Å². The van der Waals surface area contributed by atoms with Crippen molar-refractivity contribution in [3.05, 3.63) is 114 Å². The standard InChI is InChI=1S/C23H17N/c1-3-10-19(11-4-1)23(24-22-13-5-2-6-14-22)21-16-15-18-9-7-8-12-20(18)17-21/h1-17H. The first kappa shape index (κ1) is 14.4. The molecule has 1 heteroatoms. The largest absolute Gasteiger partial charge is 0.248 e. The normalized spacial score (nSPS) is 11.6. The number of aliphatic imine (C=N–C) groups is 1. The molecule has 0 saturated heterocycles. The van der Waals surface area contributed by atoms with Gasteiger partial charge in [0.05, 0.1) is 11.4 Å². The first-order chi connectivity index (χ1) is 11.9. The number of fused-ring (bicyclic) bond motifs is 1. The van der Waals surface area contributed by atoms with E-state index in [1.807, 2.05) is 36.4 Å². The first-order valence-corrected chi connectivity index (χ1v) is 8.08. The van der Waals surface area contributed by atoms with Crippen LogP contribution in [0.25, 0.3) is 10.8 Å². The van der Waals surface area contributed by atoms with Crippen molar-refractivity contribution in [3.63, 3.8) is 0 Å². The lowest BCUT2D eigenvalue weighted by Crippen LogP contribution is -2.02. The molecule has 0 unspecified atom stereocenters. The second-order valence-corrected chi connectivity index (χ2v) is 5.72. The van der Waals surface area contributed by atoms with E-state index in [1.54, 1.807) is 0 Å². The van der Waals surface area contributed by atoms with E-state index in [-0.39, 0.29) is 0 Å². The van der Waals surface area contributed by atoms with Crippen molar-refractivity contribution in [1.29, 1.82) is 0 Å². The molecule has 0 fully saturated rings. The number of hydrogen-bond acceptors (Lipinski definition) is 1. The lowest BCUT2D eigenvalue weighted by molar-refractivity contribution is 1.48. The maximum absolute atomic E-state index is 4.92. The third kappa shape index (κ3) is 2.97. The van der Waals surface area contributed by atoms with E-state index in [2.05, 4.69) is 66.7 Å².